The summed E-state index contributed by atoms with van der Waals surface area (Å²) in [6.07, 6.45) is 0. The summed E-state index contributed by atoms with van der Waals surface area (Å²) in [5.41, 5.74) is 1.36. The Kier molecular flexibility index (Phi) is 3.10. The van der Waals surface area contributed by atoms with Crippen molar-refractivity contribution in [2.24, 2.45) is 5.29 Å². The van der Waals surface area contributed by atoms with E-state index in [1.165, 1.54) is 5.56 Å². The molecule has 0 saturated carbocycles. The van der Waals surface area contributed by atoms with Crippen LogP contribution in [0.5, 0.6) is 0 Å². The molecule has 2 rings (SSSR count). The Balaban J connectivity index is 1.81. The highest BCUT2D eigenvalue weighted by atomic mass is 32.1. The second-order valence-electron chi connectivity index (χ2n) is 3.44. The third kappa shape index (κ3) is 2.30. The fraction of sp³-hybridized carbons (Fsp3) is 0.556. The van der Waals surface area contributed by atoms with Gasteiger partial charge in [-0.25, -0.2) is 0 Å². The molecule has 0 atom stereocenters. The molecule has 0 amide bonds. The van der Waals surface area contributed by atoms with Crippen LogP contribution in [0, 0.1) is 4.91 Å². The van der Waals surface area contributed by atoms with Gasteiger partial charge in [0.25, 0.3) is 0 Å². The average molecular weight is 211 g/mol. The van der Waals surface area contributed by atoms with Crippen LogP contribution in [-0.2, 0) is 6.54 Å². The van der Waals surface area contributed by atoms with Crippen molar-refractivity contribution in [3.8, 4) is 0 Å². The lowest BCUT2D eigenvalue weighted by Gasteiger charge is -2.30. The van der Waals surface area contributed by atoms with Crippen molar-refractivity contribution in [3.63, 3.8) is 0 Å². The van der Waals surface area contributed by atoms with Gasteiger partial charge in [-0.15, -0.1) is 4.91 Å². The first-order valence-corrected chi connectivity index (χ1v) is 5.64. The van der Waals surface area contributed by atoms with Crippen LogP contribution in [0.15, 0.2) is 22.1 Å². The molecule has 76 valence electrons. The summed E-state index contributed by atoms with van der Waals surface area (Å²) in [5.74, 6) is 0. The fourth-order valence-corrected chi connectivity index (χ4v) is 2.28. The van der Waals surface area contributed by atoms with E-state index >= 15 is 0 Å². The highest BCUT2D eigenvalue weighted by Gasteiger charge is 2.16. The molecule has 1 saturated heterocycles. The summed E-state index contributed by atoms with van der Waals surface area (Å²) in [6, 6.07) is 2.15. The number of rotatable bonds is 3. The molecule has 1 aliphatic rings. The molecule has 0 unspecified atom stereocenters. The fourth-order valence-electron chi connectivity index (χ4n) is 1.62. The van der Waals surface area contributed by atoms with Gasteiger partial charge in [0, 0.05) is 19.6 Å². The van der Waals surface area contributed by atoms with Gasteiger partial charge in [0.2, 0.25) is 0 Å². The van der Waals surface area contributed by atoms with Gasteiger partial charge in [-0.1, -0.05) is 0 Å². The van der Waals surface area contributed by atoms with E-state index in [0.717, 1.165) is 32.7 Å². The van der Waals surface area contributed by atoms with E-state index in [0.29, 0.717) is 0 Å². The van der Waals surface area contributed by atoms with E-state index in [1.807, 2.05) is 0 Å². The van der Waals surface area contributed by atoms with Gasteiger partial charge in [0.15, 0.2) is 0 Å². The SMILES string of the molecule is O=NN1CCN(Cc2ccsc2)CC1. The van der Waals surface area contributed by atoms with Gasteiger partial charge in [-0.05, 0) is 22.4 Å². The molecule has 4 nitrogen and oxygen atoms in total. The highest BCUT2D eigenvalue weighted by Crippen LogP contribution is 2.11. The second kappa shape index (κ2) is 4.52. The summed E-state index contributed by atoms with van der Waals surface area (Å²) in [6.45, 7) is 4.38. The van der Waals surface area contributed by atoms with Crippen LogP contribution in [0.3, 0.4) is 0 Å². The van der Waals surface area contributed by atoms with Crippen molar-refractivity contribution in [2.75, 3.05) is 26.2 Å². The number of nitrogens with zero attached hydrogens (tertiary/aromatic N) is 3. The van der Waals surface area contributed by atoms with Gasteiger partial charge in [-0.3, -0.25) is 9.91 Å². The Morgan fingerprint density at radius 1 is 1.36 bits per heavy atom. The summed E-state index contributed by atoms with van der Waals surface area (Å²) in [5, 5.41) is 8.79. The minimum absolute atomic E-state index is 0.758. The smallest absolute Gasteiger partial charge is 0.0524 e. The standard InChI is InChI=1S/C9H13N3OS/c13-10-12-4-2-11(3-5-12)7-9-1-6-14-8-9/h1,6,8H,2-5,7H2. The predicted molar refractivity (Wildman–Crippen MR) is 57.0 cm³/mol. The molecule has 5 heteroatoms. The lowest BCUT2D eigenvalue weighted by Crippen LogP contribution is -2.43. The molecule has 2 heterocycles. The van der Waals surface area contributed by atoms with E-state index in [4.69, 9.17) is 0 Å². The topological polar surface area (TPSA) is 35.9 Å². The van der Waals surface area contributed by atoms with Gasteiger partial charge < -0.3 is 0 Å². The van der Waals surface area contributed by atoms with Crippen LogP contribution >= 0.6 is 11.3 Å². The normalized spacial score (nSPS) is 18.4. The van der Waals surface area contributed by atoms with Crippen LogP contribution in [0.2, 0.25) is 0 Å². The molecule has 0 aliphatic carbocycles. The van der Waals surface area contributed by atoms with Gasteiger partial charge in [-0.2, -0.15) is 11.3 Å². The van der Waals surface area contributed by atoms with E-state index in [-0.39, 0.29) is 0 Å². The molecule has 1 aromatic rings. The Morgan fingerprint density at radius 2 is 2.14 bits per heavy atom. The maximum Gasteiger partial charge on any atom is 0.0524 e. The van der Waals surface area contributed by atoms with Crippen LogP contribution in [-0.4, -0.2) is 36.1 Å². The molecular weight excluding hydrogens is 198 g/mol. The maximum absolute atomic E-state index is 10.2. The van der Waals surface area contributed by atoms with Crippen LogP contribution in [0.1, 0.15) is 5.56 Å². The number of hydrogen-bond acceptors (Lipinski definition) is 4. The van der Waals surface area contributed by atoms with Crippen molar-refractivity contribution in [1.82, 2.24) is 9.91 Å². The van der Waals surface area contributed by atoms with Crippen molar-refractivity contribution < 1.29 is 0 Å². The zero-order chi connectivity index (χ0) is 9.80. The molecular formula is C9H13N3OS. The van der Waals surface area contributed by atoms with E-state index in [9.17, 15) is 4.91 Å². The second-order valence-corrected chi connectivity index (χ2v) is 4.22. The van der Waals surface area contributed by atoms with Gasteiger partial charge in [0.1, 0.15) is 0 Å². The molecule has 0 radical (unpaired) electrons. The quantitative estimate of drug-likeness (QED) is 0.712. The van der Waals surface area contributed by atoms with Crippen molar-refractivity contribution in [3.05, 3.63) is 27.3 Å². The largest absolute Gasteiger partial charge is 0.295 e. The van der Waals surface area contributed by atoms with Crippen molar-refractivity contribution in [1.29, 1.82) is 0 Å². The summed E-state index contributed by atoms with van der Waals surface area (Å²) >= 11 is 1.73. The Bertz CT molecular complexity index is 280. The minimum atomic E-state index is 0.758. The summed E-state index contributed by atoms with van der Waals surface area (Å²) < 4.78 is 0. The molecule has 1 fully saturated rings. The molecule has 1 aliphatic heterocycles. The third-order valence-corrected chi connectivity index (χ3v) is 3.18. The lowest BCUT2D eigenvalue weighted by molar-refractivity contribution is 0.129. The van der Waals surface area contributed by atoms with E-state index in [1.54, 1.807) is 16.3 Å². The van der Waals surface area contributed by atoms with E-state index < -0.39 is 0 Å². The summed E-state index contributed by atoms with van der Waals surface area (Å²) in [7, 11) is 0. The number of nitroso groups, excluding NO2 is 1. The minimum Gasteiger partial charge on any atom is -0.295 e. The first kappa shape index (κ1) is 9.61. The van der Waals surface area contributed by atoms with E-state index in [2.05, 4.69) is 27.0 Å². The molecule has 14 heavy (non-hydrogen) atoms. The first-order valence-electron chi connectivity index (χ1n) is 4.70. The third-order valence-electron chi connectivity index (χ3n) is 2.45. The Labute approximate surface area is 87.1 Å². The maximum atomic E-state index is 10.2. The van der Waals surface area contributed by atoms with Crippen LogP contribution < -0.4 is 0 Å². The predicted octanol–water partition coefficient (Wildman–Crippen LogP) is 1.55. The first-order chi connectivity index (χ1) is 6.88. The number of thiophene rings is 1. The zero-order valence-corrected chi connectivity index (χ0v) is 8.74. The summed E-state index contributed by atoms with van der Waals surface area (Å²) in [4.78, 5) is 12.6. The molecule has 0 bridgehead atoms. The molecule has 0 spiro atoms. The molecule has 1 aromatic heterocycles. The Morgan fingerprint density at radius 3 is 2.71 bits per heavy atom. The van der Waals surface area contributed by atoms with Crippen LogP contribution in [0.4, 0.5) is 0 Å². The molecule has 0 aromatic carbocycles. The highest BCUT2D eigenvalue weighted by molar-refractivity contribution is 7.07. The number of hydrogen-bond donors (Lipinski definition) is 0. The lowest BCUT2D eigenvalue weighted by atomic mass is 10.3. The zero-order valence-electron chi connectivity index (χ0n) is 7.93. The van der Waals surface area contributed by atoms with Crippen LogP contribution in [0.25, 0.3) is 0 Å². The average Bonchev–Trinajstić information content (AvgIpc) is 2.72. The van der Waals surface area contributed by atoms with Crippen molar-refractivity contribution in [2.45, 2.75) is 6.54 Å². The molecule has 0 N–H and O–H groups in total. The number of piperazine rings is 1. The monoisotopic (exact) mass is 211 g/mol. The van der Waals surface area contributed by atoms with Gasteiger partial charge >= 0.3 is 0 Å². The Hall–Kier alpha value is -0.940. The van der Waals surface area contributed by atoms with Crippen molar-refractivity contribution >= 4 is 11.3 Å². The van der Waals surface area contributed by atoms with Gasteiger partial charge in [0.05, 0.1) is 18.4 Å².